The Bertz CT molecular complexity index is 507. The lowest BCUT2D eigenvalue weighted by atomic mass is 9.95. The number of halogens is 2. The summed E-state index contributed by atoms with van der Waals surface area (Å²) >= 11 is 8.84. The highest BCUT2D eigenvalue weighted by molar-refractivity contribution is 9.10. The van der Waals surface area contributed by atoms with Gasteiger partial charge in [-0.25, -0.2) is 0 Å². The molecule has 0 aliphatic carbocycles. The Morgan fingerprint density at radius 3 is 2.42 bits per heavy atom. The van der Waals surface area contributed by atoms with Gasteiger partial charge in [-0.2, -0.15) is 0 Å². The van der Waals surface area contributed by atoms with E-state index in [-0.39, 0.29) is 0 Å². The minimum Gasteiger partial charge on any atom is -0.319 e. The van der Waals surface area contributed by atoms with Crippen LogP contribution in [0.15, 0.2) is 44.7 Å². The third-order valence-electron chi connectivity index (χ3n) is 3.04. The quantitative estimate of drug-likeness (QED) is 0.724. The molecule has 1 heterocycles. The van der Waals surface area contributed by atoms with Crippen LogP contribution in [0.4, 0.5) is 0 Å². The second-order valence-corrected chi connectivity index (χ2v) is 7.52. The van der Waals surface area contributed by atoms with E-state index in [1.54, 1.807) is 0 Å². The molecule has 2 aromatic rings. The molecule has 0 radical (unpaired) electrons. The summed E-state index contributed by atoms with van der Waals surface area (Å²) in [4.78, 5) is 1.45. The number of thiophene rings is 1. The normalized spacial score (nSPS) is 12.6. The summed E-state index contributed by atoms with van der Waals surface area (Å²) in [5, 5.41) is 5.47. The fraction of sp³-hybridized carbons (Fsp3) is 0.333. The number of benzene rings is 1. The molecule has 0 aliphatic heterocycles. The van der Waals surface area contributed by atoms with Crippen molar-refractivity contribution in [3.8, 4) is 0 Å². The maximum atomic E-state index is 3.53. The highest BCUT2D eigenvalue weighted by atomic mass is 79.9. The van der Waals surface area contributed by atoms with Crippen molar-refractivity contribution in [2.45, 2.75) is 12.8 Å². The number of rotatable bonds is 6. The smallest absolute Gasteiger partial charge is 0.0285 e. The monoisotopic (exact) mass is 401 g/mol. The number of hydrogen-bond acceptors (Lipinski definition) is 2. The first-order valence-corrected chi connectivity index (χ1v) is 8.76. The van der Waals surface area contributed by atoms with Crippen molar-refractivity contribution in [3.05, 3.63) is 55.1 Å². The molecule has 0 fully saturated rings. The summed E-state index contributed by atoms with van der Waals surface area (Å²) in [6.07, 6.45) is 2.25. The van der Waals surface area contributed by atoms with E-state index >= 15 is 0 Å². The first-order chi connectivity index (χ1) is 9.17. The highest BCUT2D eigenvalue weighted by Gasteiger charge is 2.11. The minimum absolute atomic E-state index is 0.636. The van der Waals surface area contributed by atoms with E-state index in [0.717, 1.165) is 23.9 Å². The van der Waals surface area contributed by atoms with E-state index in [0.29, 0.717) is 5.92 Å². The van der Waals surface area contributed by atoms with Gasteiger partial charge in [-0.3, -0.25) is 0 Å². The van der Waals surface area contributed by atoms with E-state index in [2.05, 4.69) is 72.9 Å². The molecule has 19 heavy (non-hydrogen) atoms. The van der Waals surface area contributed by atoms with Crippen molar-refractivity contribution in [1.29, 1.82) is 0 Å². The molecule has 0 aliphatic rings. The highest BCUT2D eigenvalue weighted by Crippen LogP contribution is 2.24. The van der Waals surface area contributed by atoms with Gasteiger partial charge in [-0.15, -0.1) is 11.3 Å². The average molecular weight is 403 g/mol. The summed E-state index contributed by atoms with van der Waals surface area (Å²) in [6, 6.07) is 10.9. The third-order valence-corrected chi connectivity index (χ3v) is 5.29. The lowest BCUT2D eigenvalue weighted by Gasteiger charge is -2.16. The molecule has 0 spiro atoms. The summed E-state index contributed by atoms with van der Waals surface area (Å²) in [7, 11) is 2.03. The molecule has 0 saturated carbocycles. The second-order valence-electron chi connectivity index (χ2n) is 4.69. The molecule has 0 saturated heterocycles. The molecule has 0 bridgehead atoms. The van der Waals surface area contributed by atoms with Crippen LogP contribution in [-0.2, 0) is 12.8 Å². The molecule has 1 N–H and O–H groups in total. The predicted octanol–water partition coefficient (Wildman–Crippen LogP) is 4.89. The minimum atomic E-state index is 0.636. The van der Waals surface area contributed by atoms with Crippen molar-refractivity contribution in [2.24, 2.45) is 5.92 Å². The largest absolute Gasteiger partial charge is 0.319 e. The SMILES string of the molecule is CNCC(Cc1ccc(Br)cc1)Cc1cc(Br)cs1. The molecular weight excluding hydrogens is 386 g/mol. The molecule has 102 valence electrons. The van der Waals surface area contributed by atoms with E-state index in [1.807, 2.05) is 18.4 Å². The van der Waals surface area contributed by atoms with Crippen LogP contribution in [0.3, 0.4) is 0 Å². The fourth-order valence-corrected chi connectivity index (χ4v) is 4.04. The topological polar surface area (TPSA) is 12.0 Å². The van der Waals surface area contributed by atoms with E-state index in [1.165, 1.54) is 14.9 Å². The summed E-state index contributed by atoms with van der Waals surface area (Å²) in [5.74, 6) is 0.636. The van der Waals surface area contributed by atoms with Crippen molar-refractivity contribution in [2.75, 3.05) is 13.6 Å². The third kappa shape index (κ3) is 5.03. The van der Waals surface area contributed by atoms with E-state index in [4.69, 9.17) is 0 Å². The van der Waals surface area contributed by atoms with Crippen molar-refractivity contribution < 1.29 is 0 Å². The number of nitrogens with one attached hydrogen (secondary N) is 1. The van der Waals surface area contributed by atoms with Crippen LogP contribution in [0, 0.1) is 5.92 Å². The molecule has 2 rings (SSSR count). The van der Waals surface area contributed by atoms with Gasteiger partial charge in [-0.05, 0) is 72.0 Å². The molecule has 0 amide bonds. The molecule has 1 aromatic carbocycles. The molecular formula is C15H17Br2NS. The van der Waals surface area contributed by atoms with Crippen LogP contribution in [0.2, 0.25) is 0 Å². The second kappa shape index (κ2) is 7.58. The van der Waals surface area contributed by atoms with Gasteiger partial charge in [-0.1, -0.05) is 28.1 Å². The zero-order valence-corrected chi connectivity index (χ0v) is 14.8. The maximum absolute atomic E-state index is 3.53. The van der Waals surface area contributed by atoms with Crippen molar-refractivity contribution >= 4 is 43.2 Å². The van der Waals surface area contributed by atoms with Gasteiger partial charge in [0.15, 0.2) is 0 Å². The Labute approximate surface area is 135 Å². The van der Waals surface area contributed by atoms with Crippen molar-refractivity contribution in [3.63, 3.8) is 0 Å². The zero-order chi connectivity index (χ0) is 13.7. The van der Waals surface area contributed by atoms with Gasteiger partial charge >= 0.3 is 0 Å². The first-order valence-electron chi connectivity index (χ1n) is 6.29. The molecule has 4 heteroatoms. The first kappa shape index (κ1) is 15.2. The van der Waals surface area contributed by atoms with Crippen LogP contribution >= 0.6 is 43.2 Å². The standard InChI is InChI=1S/C15H17Br2NS/c1-18-9-12(7-15-8-14(17)10-19-15)6-11-2-4-13(16)5-3-11/h2-5,8,10,12,18H,6-7,9H2,1H3. The summed E-state index contributed by atoms with van der Waals surface area (Å²) in [5.41, 5.74) is 1.40. The Balaban J connectivity index is 2.01. The van der Waals surface area contributed by atoms with Gasteiger partial charge in [0.25, 0.3) is 0 Å². The van der Waals surface area contributed by atoms with Gasteiger partial charge in [0.05, 0.1) is 0 Å². The Morgan fingerprint density at radius 1 is 1.11 bits per heavy atom. The van der Waals surface area contributed by atoms with Gasteiger partial charge in [0, 0.05) is 19.2 Å². The average Bonchev–Trinajstić information content (AvgIpc) is 2.78. The van der Waals surface area contributed by atoms with Gasteiger partial charge < -0.3 is 5.32 Å². The molecule has 1 nitrogen and oxygen atoms in total. The maximum Gasteiger partial charge on any atom is 0.0285 e. The fourth-order valence-electron chi connectivity index (χ4n) is 2.20. The van der Waals surface area contributed by atoms with Crippen LogP contribution in [-0.4, -0.2) is 13.6 Å². The van der Waals surface area contributed by atoms with Gasteiger partial charge in [0.2, 0.25) is 0 Å². The van der Waals surface area contributed by atoms with Gasteiger partial charge in [0.1, 0.15) is 0 Å². The molecule has 1 unspecified atom stereocenters. The van der Waals surface area contributed by atoms with Crippen LogP contribution in [0.1, 0.15) is 10.4 Å². The lowest BCUT2D eigenvalue weighted by molar-refractivity contribution is 0.496. The Kier molecular flexibility index (Phi) is 6.07. The molecule has 1 aromatic heterocycles. The predicted molar refractivity (Wildman–Crippen MR) is 91.0 cm³/mol. The summed E-state index contributed by atoms with van der Waals surface area (Å²) < 4.78 is 2.34. The zero-order valence-electron chi connectivity index (χ0n) is 10.8. The Hall–Kier alpha value is -0.160. The van der Waals surface area contributed by atoms with Crippen LogP contribution < -0.4 is 5.32 Å². The Morgan fingerprint density at radius 2 is 1.84 bits per heavy atom. The number of hydrogen-bond donors (Lipinski definition) is 1. The van der Waals surface area contributed by atoms with Crippen LogP contribution in [0.5, 0.6) is 0 Å². The lowest BCUT2D eigenvalue weighted by Crippen LogP contribution is -2.22. The van der Waals surface area contributed by atoms with Crippen molar-refractivity contribution in [1.82, 2.24) is 5.32 Å². The molecule has 1 atom stereocenters. The van der Waals surface area contributed by atoms with Crippen LogP contribution in [0.25, 0.3) is 0 Å². The van der Waals surface area contributed by atoms with E-state index in [9.17, 15) is 0 Å². The van der Waals surface area contributed by atoms with E-state index < -0.39 is 0 Å². The summed E-state index contributed by atoms with van der Waals surface area (Å²) in [6.45, 7) is 1.05.